The minimum absolute atomic E-state index is 0.816. The van der Waals surface area contributed by atoms with Gasteiger partial charge in [0.2, 0.25) is 0 Å². The summed E-state index contributed by atoms with van der Waals surface area (Å²) >= 11 is 0. The Hall–Kier alpha value is -0.860. The molecule has 0 aliphatic carbocycles. The largest absolute Gasteiger partial charge is 0.316 e. The maximum atomic E-state index is 3.64. The van der Waals surface area contributed by atoms with Gasteiger partial charge in [-0.2, -0.15) is 0 Å². The summed E-state index contributed by atoms with van der Waals surface area (Å²) in [4.78, 5) is 0. The van der Waals surface area contributed by atoms with Gasteiger partial charge in [-0.15, -0.1) is 0 Å². The van der Waals surface area contributed by atoms with E-state index in [4.69, 9.17) is 0 Å². The lowest BCUT2D eigenvalue weighted by molar-refractivity contribution is 0.511. The van der Waals surface area contributed by atoms with Crippen LogP contribution in [0.15, 0.2) is 6.07 Å². The molecule has 0 saturated carbocycles. The number of benzene rings is 1. The fourth-order valence-corrected chi connectivity index (χ4v) is 2.85. The van der Waals surface area contributed by atoms with E-state index in [0.717, 1.165) is 19.0 Å². The van der Waals surface area contributed by atoms with Gasteiger partial charge in [0.15, 0.2) is 0 Å². The van der Waals surface area contributed by atoms with Gasteiger partial charge in [-0.1, -0.05) is 6.07 Å². The Morgan fingerprint density at radius 2 is 1.83 bits per heavy atom. The summed E-state index contributed by atoms with van der Waals surface area (Å²) in [6.07, 6.45) is 1.32. The molecular weight excluding hydrogens is 220 g/mol. The zero-order valence-corrected chi connectivity index (χ0v) is 12.2. The Morgan fingerprint density at radius 3 is 2.39 bits per heavy atom. The molecule has 2 N–H and O–H groups in total. The highest BCUT2D eigenvalue weighted by Crippen LogP contribution is 2.21. The fraction of sp³-hybridized carbons (Fsp3) is 0.625. The minimum atomic E-state index is 0.816. The van der Waals surface area contributed by atoms with Gasteiger partial charge in [-0.25, -0.2) is 0 Å². The summed E-state index contributed by atoms with van der Waals surface area (Å²) in [7, 11) is 0. The first-order valence-electron chi connectivity index (χ1n) is 7.07. The van der Waals surface area contributed by atoms with Crippen LogP contribution in [0.2, 0.25) is 0 Å². The van der Waals surface area contributed by atoms with Crippen LogP contribution in [-0.2, 0) is 6.54 Å². The molecule has 1 atom stereocenters. The molecule has 1 fully saturated rings. The fourth-order valence-electron chi connectivity index (χ4n) is 2.85. The van der Waals surface area contributed by atoms with Crippen molar-refractivity contribution >= 4 is 0 Å². The van der Waals surface area contributed by atoms with Crippen LogP contribution in [0.4, 0.5) is 0 Å². The monoisotopic (exact) mass is 246 g/mol. The maximum Gasteiger partial charge on any atom is 0.0211 e. The minimum Gasteiger partial charge on any atom is -0.316 e. The van der Waals surface area contributed by atoms with Crippen LogP contribution < -0.4 is 10.6 Å². The normalized spacial score (nSPS) is 19.4. The molecule has 1 aliphatic heterocycles. The van der Waals surface area contributed by atoms with Crippen LogP contribution in [0.3, 0.4) is 0 Å². The molecule has 1 aromatic carbocycles. The Labute approximate surface area is 111 Å². The molecule has 1 aromatic rings. The standard InChI is InChI=1S/C16H26N2/c1-11-7-12(2)14(4)16(13(11)3)10-18-9-15-5-6-17-8-15/h7,15,17-18H,5-6,8-10H2,1-4H3. The molecule has 2 nitrogen and oxygen atoms in total. The highest BCUT2D eigenvalue weighted by molar-refractivity contribution is 5.43. The topological polar surface area (TPSA) is 24.1 Å². The first-order chi connectivity index (χ1) is 8.59. The Bertz CT molecular complexity index is 391. The van der Waals surface area contributed by atoms with Gasteiger partial charge in [0.05, 0.1) is 0 Å². The second-order valence-corrected chi connectivity index (χ2v) is 5.73. The van der Waals surface area contributed by atoms with Crippen molar-refractivity contribution in [3.05, 3.63) is 33.9 Å². The SMILES string of the molecule is Cc1cc(C)c(C)c(CNCC2CCNC2)c1C. The lowest BCUT2D eigenvalue weighted by Crippen LogP contribution is -2.25. The van der Waals surface area contributed by atoms with Crippen LogP contribution in [-0.4, -0.2) is 19.6 Å². The van der Waals surface area contributed by atoms with Gasteiger partial charge < -0.3 is 10.6 Å². The van der Waals surface area contributed by atoms with Crippen molar-refractivity contribution in [1.82, 2.24) is 10.6 Å². The molecule has 100 valence electrons. The zero-order chi connectivity index (χ0) is 13.1. The number of hydrogen-bond donors (Lipinski definition) is 2. The number of hydrogen-bond acceptors (Lipinski definition) is 2. The molecule has 18 heavy (non-hydrogen) atoms. The maximum absolute atomic E-state index is 3.64. The summed E-state index contributed by atoms with van der Waals surface area (Å²) in [6, 6.07) is 2.30. The van der Waals surface area contributed by atoms with Crippen molar-refractivity contribution in [3.63, 3.8) is 0 Å². The van der Waals surface area contributed by atoms with E-state index in [9.17, 15) is 0 Å². The second kappa shape index (κ2) is 5.85. The lowest BCUT2D eigenvalue weighted by atomic mass is 9.94. The molecule has 1 unspecified atom stereocenters. The number of rotatable bonds is 4. The molecule has 0 amide bonds. The average molecular weight is 246 g/mol. The molecule has 1 aliphatic rings. The first-order valence-corrected chi connectivity index (χ1v) is 7.07. The van der Waals surface area contributed by atoms with Crippen molar-refractivity contribution in [3.8, 4) is 0 Å². The van der Waals surface area contributed by atoms with E-state index in [0.29, 0.717) is 0 Å². The molecule has 0 radical (unpaired) electrons. The number of aryl methyl sites for hydroxylation is 2. The van der Waals surface area contributed by atoms with Crippen molar-refractivity contribution in [2.75, 3.05) is 19.6 Å². The van der Waals surface area contributed by atoms with Crippen LogP contribution >= 0.6 is 0 Å². The van der Waals surface area contributed by atoms with Crippen LogP contribution in [0.1, 0.15) is 34.2 Å². The first kappa shape index (κ1) is 13.6. The second-order valence-electron chi connectivity index (χ2n) is 5.73. The van der Waals surface area contributed by atoms with E-state index in [1.54, 1.807) is 0 Å². The average Bonchev–Trinajstić information content (AvgIpc) is 2.84. The summed E-state index contributed by atoms with van der Waals surface area (Å²) in [5, 5.41) is 7.06. The van der Waals surface area contributed by atoms with Crippen LogP contribution in [0.25, 0.3) is 0 Å². The molecule has 1 heterocycles. The molecule has 2 rings (SSSR count). The van der Waals surface area contributed by atoms with E-state index in [1.165, 1.54) is 47.3 Å². The third-order valence-electron chi connectivity index (χ3n) is 4.42. The van der Waals surface area contributed by atoms with E-state index < -0.39 is 0 Å². The van der Waals surface area contributed by atoms with E-state index in [-0.39, 0.29) is 0 Å². The van der Waals surface area contributed by atoms with E-state index in [1.807, 2.05) is 0 Å². The summed E-state index contributed by atoms with van der Waals surface area (Å²) in [6.45, 7) is 13.4. The van der Waals surface area contributed by atoms with Crippen molar-refractivity contribution in [1.29, 1.82) is 0 Å². The predicted molar refractivity (Wildman–Crippen MR) is 78.1 cm³/mol. The quantitative estimate of drug-likeness (QED) is 0.853. The molecule has 2 heteroatoms. The van der Waals surface area contributed by atoms with Gasteiger partial charge in [0, 0.05) is 6.54 Å². The van der Waals surface area contributed by atoms with Crippen molar-refractivity contribution in [2.24, 2.45) is 5.92 Å². The van der Waals surface area contributed by atoms with Gasteiger partial charge >= 0.3 is 0 Å². The summed E-state index contributed by atoms with van der Waals surface area (Å²) in [5.41, 5.74) is 7.23. The van der Waals surface area contributed by atoms with Crippen molar-refractivity contribution in [2.45, 2.75) is 40.7 Å². The lowest BCUT2D eigenvalue weighted by Gasteiger charge is -2.17. The number of nitrogens with one attached hydrogen (secondary N) is 2. The van der Waals surface area contributed by atoms with Gasteiger partial charge in [-0.3, -0.25) is 0 Å². The van der Waals surface area contributed by atoms with Crippen LogP contribution in [0, 0.1) is 33.6 Å². The van der Waals surface area contributed by atoms with Gasteiger partial charge in [0.1, 0.15) is 0 Å². The van der Waals surface area contributed by atoms with Gasteiger partial charge in [-0.05, 0) is 87.5 Å². The molecule has 1 saturated heterocycles. The highest BCUT2D eigenvalue weighted by atomic mass is 14.9. The Balaban J connectivity index is 1.99. The molecule has 0 spiro atoms. The Morgan fingerprint density at radius 1 is 1.17 bits per heavy atom. The van der Waals surface area contributed by atoms with E-state index >= 15 is 0 Å². The van der Waals surface area contributed by atoms with Crippen LogP contribution in [0.5, 0.6) is 0 Å². The Kier molecular flexibility index (Phi) is 4.41. The third-order valence-corrected chi connectivity index (χ3v) is 4.42. The van der Waals surface area contributed by atoms with E-state index in [2.05, 4.69) is 44.4 Å². The van der Waals surface area contributed by atoms with Crippen molar-refractivity contribution < 1.29 is 0 Å². The zero-order valence-electron chi connectivity index (χ0n) is 12.2. The third kappa shape index (κ3) is 2.93. The predicted octanol–water partition coefficient (Wildman–Crippen LogP) is 2.62. The molecule has 0 aromatic heterocycles. The summed E-state index contributed by atoms with van der Waals surface area (Å²) in [5.74, 6) is 0.816. The molecule has 0 bridgehead atoms. The smallest absolute Gasteiger partial charge is 0.0211 e. The molecular formula is C16H26N2. The van der Waals surface area contributed by atoms with Gasteiger partial charge in [0.25, 0.3) is 0 Å². The highest BCUT2D eigenvalue weighted by Gasteiger charge is 2.14. The summed E-state index contributed by atoms with van der Waals surface area (Å²) < 4.78 is 0.